The number of nitrogens with zero attached hydrogens (tertiary/aromatic N) is 1. The van der Waals surface area contributed by atoms with E-state index in [0.717, 1.165) is 16.7 Å². The summed E-state index contributed by atoms with van der Waals surface area (Å²) in [6.07, 6.45) is 1.71. The zero-order chi connectivity index (χ0) is 17.6. The van der Waals surface area contributed by atoms with Gasteiger partial charge < -0.3 is 10.6 Å². The molecule has 3 rings (SSSR count). The van der Waals surface area contributed by atoms with Gasteiger partial charge in [-0.1, -0.05) is 51.8 Å². The second kappa shape index (κ2) is 7.94. The first-order valence-electron chi connectivity index (χ1n) is 7.92. The maximum absolute atomic E-state index is 12.2. The van der Waals surface area contributed by atoms with Crippen LogP contribution in [0, 0.1) is 6.92 Å². The molecule has 1 amide bonds. The van der Waals surface area contributed by atoms with Crippen LogP contribution in [0.1, 0.15) is 21.5 Å². The van der Waals surface area contributed by atoms with Crippen LogP contribution in [0.15, 0.2) is 71.3 Å². The summed E-state index contributed by atoms with van der Waals surface area (Å²) in [5.74, 6) is 0.334. The average Bonchev–Trinajstić information content (AvgIpc) is 2.61. The van der Waals surface area contributed by atoms with Crippen molar-refractivity contribution in [1.29, 1.82) is 0 Å². The second-order valence-electron chi connectivity index (χ2n) is 5.74. The fourth-order valence-corrected chi connectivity index (χ4v) is 2.82. The molecule has 0 atom stereocenters. The number of halogens is 1. The van der Waals surface area contributed by atoms with Gasteiger partial charge in [0, 0.05) is 16.6 Å². The summed E-state index contributed by atoms with van der Waals surface area (Å²) in [7, 11) is 0. The minimum absolute atomic E-state index is 0.186. The Balaban J connectivity index is 1.59. The first-order valence-corrected chi connectivity index (χ1v) is 8.72. The lowest BCUT2D eigenvalue weighted by Gasteiger charge is -2.09. The van der Waals surface area contributed by atoms with Crippen molar-refractivity contribution in [3.63, 3.8) is 0 Å². The molecule has 4 nitrogen and oxygen atoms in total. The lowest BCUT2D eigenvalue weighted by Crippen LogP contribution is -2.13. The highest BCUT2D eigenvalue weighted by Gasteiger charge is 2.07. The molecule has 0 aliphatic rings. The Morgan fingerprint density at radius 3 is 2.64 bits per heavy atom. The Kier molecular flexibility index (Phi) is 5.46. The number of amides is 1. The number of aromatic nitrogens is 1. The SMILES string of the molecule is Cc1cccc(CNc2ccc(NC(=O)c3cccc(Br)c3)nc2)c1. The lowest BCUT2D eigenvalue weighted by molar-refractivity contribution is 0.102. The minimum Gasteiger partial charge on any atom is -0.380 e. The van der Waals surface area contributed by atoms with E-state index in [1.165, 1.54) is 11.1 Å². The van der Waals surface area contributed by atoms with E-state index >= 15 is 0 Å². The Labute approximate surface area is 155 Å². The molecule has 1 aromatic heterocycles. The van der Waals surface area contributed by atoms with Crippen molar-refractivity contribution < 1.29 is 4.79 Å². The number of aryl methyl sites for hydroxylation is 1. The molecule has 0 radical (unpaired) electrons. The fraction of sp³-hybridized carbons (Fsp3) is 0.100. The van der Waals surface area contributed by atoms with Gasteiger partial charge in [-0.2, -0.15) is 0 Å². The van der Waals surface area contributed by atoms with E-state index in [1.807, 2.05) is 24.3 Å². The van der Waals surface area contributed by atoms with E-state index in [9.17, 15) is 4.79 Å². The second-order valence-corrected chi connectivity index (χ2v) is 6.65. The van der Waals surface area contributed by atoms with E-state index in [2.05, 4.69) is 56.7 Å². The van der Waals surface area contributed by atoms with E-state index in [1.54, 1.807) is 24.4 Å². The molecular weight excluding hydrogens is 378 g/mol. The molecule has 2 N–H and O–H groups in total. The Morgan fingerprint density at radius 1 is 1.08 bits per heavy atom. The molecule has 5 heteroatoms. The smallest absolute Gasteiger partial charge is 0.256 e. The van der Waals surface area contributed by atoms with E-state index in [0.29, 0.717) is 11.4 Å². The van der Waals surface area contributed by atoms with Gasteiger partial charge in [-0.3, -0.25) is 4.79 Å². The van der Waals surface area contributed by atoms with Crippen LogP contribution in [0.25, 0.3) is 0 Å². The maximum atomic E-state index is 12.2. The van der Waals surface area contributed by atoms with Crippen molar-refractivity contribution in [3.05, 3.63) is 88.0 Å². The number of rotatable bonds is 5. The minimum atomic E-state index is -0.186. The third-order valence-corrected chi connectivity index (χ3v) is 4.16. The van der Waals surface area contributed by atoms with Crippen LogP contribution < -0.4 is 10.6 Å². The van der Waals surface area contributed by atoms with Crippen LogP contribution in [0.3, 0.4) is 0 Å². The molecule has 3 aromatic rings. The third kappa shape index (κ3) is 4.90. The van der Waals surface area contributed by atoms with Crippen molar-refractivity contribution in [3.8, 4) is 0 Å². The number of hydrogen-bond donors (Lipinski definition) is 2. The van der Waals surface area contributed by atoms with E-state index in [4.69, 9.17) is 0 Å². The molecule has 0 bridgehead atoms. The monoisotopic (exact) mass is 395 g/mol. The van der Waals surface area contributed by atoms with Gasteiger partial charge in [0.05, 0.1) is 11.9 Å². The van der Waals surface area contributed by atoms with Crippen LogP contribution >= 0.6 is 15.9 Å². The number of anilines is 2. The van der Waals surface area contributed by atoms with E-state index < -0.39 is 0 Å². The molecule has 0 fully saturated rings. The zero-order valence-electron chi connectivity index (χ0n) is 13.8. The summed E-state index contributed by atoms with van der Waals surface area (Å²) in [6.45, 7) is 2.81. The average molecular weight is 396 g/mol. The van der Waals surface area contributed by atoms with E-state index in [-0.39, 0.29) is 5.91 Å². The van der Waals surface area contributed by atoms with Crippen LogP contribution in [0.5, 0.6) is 0 Å². The summed E-state index contributed by atoms with van der Waals surface area (Å²) >= 11 is 3.36. The molecular formula is C20H18BrN3O. The lowest BCUT2D eigenvalue weighted by atomic mass is 10.1. The number of pyridine rings is 1. The van der Waals surface area contributed by atoms with Crippen LogP contribution in [-0.2, 0) is 6.54 Å². The van der Waals surface area contributed by atoms with Crippen molar-refractivity contribution in [2.24, 2.45) is 0 Å². The van der Waals surface area contributed by atoms with Crippen molar-refractivity contribution in [2.45, 2.75) is 13.5 Å². The quantitative estimate of drug-likeness (QED) is 0.637. The summed E-state index contributed by atoms with van der Waals surface area (Å²) in [4.78, 5) is 16.5. The number of nitrogens with one attached hydrogen (secondary N) is 2. The predicted molar refractivity (Wildman–Crippen MR) is 105 cm³/mol. The summed E-state index contributed by atoms with van der Waals surface area (Å²) in [5, 5.41) is 6.12. The zero-order valence-corrected chi connectivity index (χ0v) is 15.4. The van der Waals surface area contributed by atoms with Gasteiger partial charge in [0.15, 0.2) is 0 Å². The molecule has 0 unspecified atom stereocenters. The van der Waals surface area contributed by atoms with Crippen LogP contribution in [0.4, 0.5) is 11.5 Å². The highest BCUT2D eigenvalue weighted by molar-refractivity contribution is 9.10. The molecule has 0 saturated heterocycles. The number of carbonyl (C=O) groups excluding carboxylic acids is 1. The van der Waals surface area contributed by atoms with Gasteiger partial charge in [0.25, 0.3) is 5.91 Å². The molecule has 1 heterocycles. The first kappa shape index (κ1) is 17.2. The van der Waals surface area contributed by atoms with Gasteiger partial charge in [0.2, 0.25) is 0 Å². The van der Waals surface area contributed by atoms with Gasteiger partial charge >= 0.3 is 0 Å². The maximum Gasteiger partial charge on any atom is 0.256 e. The molecule has 25 heavy (non-hydrogen) atoms. The van der Waals surface area contributed by atoms with Crippen LogP contribution in [-0.4, -0.2) is 10.9 Å². The van der Waals surface area contributed by atoms with Gasteiger partial charge in [-0.25, -0.2) is 4.98 Å². The molecule has 2 aromatic carbocycles. The van der Waals surface area contributed by atoms with Gasteiger partial charge in [0.1, 0.15) is 5.82 Å². The largest absolute Gasteiger partial charge is 0.380 e. The fourth-order valence-electron chi connectivity index (χ4n) is 2.42. The summed E-state index contributed by atoms with van der Waals surface area (Å²) < 4.78 is 0.865. The third-order valence-electron chi connectivity index (χ3n) is 3.67. The normalized spacial score (nSPS) is 10.3. The number of carbonyl (C=O) groups is 1. The van der Waals surface area contributed by atoms with Gasteiger partial charge in [-0.15, -0.1) is 0 Å². The van der Waals surface area contributed by atoms with Gasteiger partial charge in [-0.05, 0) is 42.8 Å². The standard InChI is InChI=1S/C20H18BrN3O/c1-14-4-2-5-15(10-14)12-22-18-8-9-19(23-13-18)24-20(25)16-6-3-7-17(21)11-16/h2-11,13,22H,12H2,1H3,(H,23,24,25). The number of benzene rings is 2. The first-order chi connectivity index (χ1) is 12.1. The predicted octanol–water partition coefficient (Wildman–Crippen LogP) is 5.02. The molecule has 0 spiro atoms. The number of hydrogen-bond acceptors (Lipinski definition) is 3. The van der Waals surface area contributed by atoms with Crippen molar-refractivity contribution >= 4 is 33.3 Å². The summed E-state index contributed by atoms with van der Waals surface area (Å²) in [5.41, 5.74) is 3.94. The molecule has 0 aliphatic heterocycles. The Morgan fingerprint density at radius 2 is 1.92 bits per heavy atom. The van der Waals surface area contributed by atoms with Crippen LogP contribution in [0.2, 0.25) is 0 Å². The molecule has 126 valence electrons. The summed E-state index contributed by atoms with van der Waals surface area (Å²) in [6, 6.07) is 19.3. The molecule has 0 saturated carbocycles. The Bertz CT molecular complexity index is 878. The highest BCUT2D eigenvalue weighted by atomic mass is 79.9. The highest BCUT2D eigenvalue weighted by Crippen LogP contribution is 2.15. The molecule has 0 aliphatic carbocycles. The topological polar surface area (TPSA) is 54.0 Å². The van der Waals surface area contributed by atoms with Crippen molar-refractivity contribution in [2.75, 3.05) is 10.6 Å². The Hall–Kier alpha value is -2.66. The van der Waals surface area contributed by atoms with Crippen molar-refractivity contribution in [1.82, 2.24) is 4.98 Å².